The molecule has 3 nitrogen and oxygen atoms in total. The highest BCUT2D eigenvalue weighted by atomic mass is 32.1. The summed E-state index contributed by atoms with van der Waals surface area (Å²) in [5, 5.41) is 19.5. The quantitative estimate of drug-likeness (QED) is 0.634. The normalized spacial score (nSPS) is 13.3. The van der Waals surface area contributed by atoms with Gasteiger partial charge in [-0.15, -0.1) is 11.3 Å². The highest BCUT2D eigenvalue weighted by Gasteiger charge is 2.10. The maximum absolute atomic E-state index is 9.20. The first-order valence-electron chi connectivity index (χ1n) is 3.38. The topological polar surface area (TPSA) is 66.5 Å². The fourth-order valence-electron chi connectivity index (χ4n) is 0.862. The van der Waals surface area contributed by atoms with E-state index < -0.39 is 0 Å². The number of nitrogens with two attached hydrogens (primary N) is 1. The van der Waals surface area contributed by atoms with E-state index in [1.54, 1.807) is 11.4 Å². The number of hydrogen-bond acceptors (Lipinski definition) is 4. The van der Waals surface area contributed by atoms with Crippen LogP contribution in [0.15, 0.2) is 11.4 Å². The lowest BCUT2D eigenvalue weighted by Gasteiger charge is -2.06. The van der Waals surface area contributed by atoms with Gasteiger partial charge < -0.3 is 15.9 Å². The molecule has 0 amide bonds. The van der Waals surface area contributed by atoms with E-state index in [0.29, 0.717) is 6.42 Å². The van der Waals surface area contributed by atoms with Crippen LogP contribution < -0.4 is 5.73 Å². The minimum atomic E-state index is -0.236. The van der Waals surface area contributed by atoms with Gasteiger partial charge in [0, 0.05) is 12.6 Å². The summed E-state index contributed by atoms with van der Waals surface area (Å²) in [6.07, 6.45) is 0.494. The predicted molar refractivity (Wildman–Crippen MR) is 44.6 cm³/mol. The molecule has 0 unspecified atom stereocenters. The van der Waals surface area contributed by atoms with E-state index in [1.165, 1.54) is 11.3 Å². The van der Waals surface area contributed by atoms with Crippen LogP contribution in [0.25, 0.3) is 0 Å². The highest BCUT2D eigenvalue weighted by molar-refractivity contribution is 7.10. The number of thiophene rings is 1. The van der Waals surface area contributed by atoms with Gasteiger partial charge in [-0.2, -0.15) is 0 Å². The second-order valence-corrected chi connectivity index (χ2v) is 3.24. The Morgan fingerprint density at radius 2 is 2.36 bits per heavy atom. The molecule has 0 fully saturated rings. The largest absolute Gasteiger partial charge is 0.507 e. The minimum Gasteiger partial charge on any atom is -0.507 e. The van der Waals surface area contributed by atoms with Crippen LogP contribution in [0.5, 0.6) is 5.75 Å². The van der Waals surface area contributed by atoms with Gasteiger partial charge in [0.15, 0.2) is 0 Å². The van der Waals surface area contributed by atoms with Crippen molar-refractivity contribution in [2.75, 3.05) is 6.61 Å². The van der Waals surface area contributed by atoms with Crippen LogP contribution in [0.3, 0.4) is 0 Å². The van der Waals surface area contributed by atoms with Crippen LogP contribution in [0, 0.1) is 0 Å². The zero-order chi connectivity index (χ0) is 8.27. The SMILES string of the molecule is N[C@@H](CCO)c1sccc1O. The third-order valence-corrected chi connectivity index (χ3v) is 2.49. The molecule has 1 aromatic rings. The van der Waals surface area contributed by atoms with E-state index in [0.717, 1.165) is 4.88 Å². The van der Waals surface area contributed by atoms with Crippen LogP contribution in [0.1, 0.15) is 17.3 Å². The summed E-state index contributed by atoms with van der Waals surface area (Å²) < 4.78 is 0. The molecule has 1 aromatic heterocycles. The summed E-state index contributed by atoms with van der Waals surface area (Å²) in [4.78, 5) is 0.749. The van der Waals surface area contributed by atoms with Crippen molar-refractivity contribution in [1.29, 1.82) is 0 Å². The number of hydrogen-bond donors (Lipinski definition) is 3. The maximum atomic E-state index is 9.20. The molecule has 11 heavy (non-hydrogen) atoms. The van der Waals surface area contributed by atoms with Crippen molar-refractivity contribution >= 4 is 11.3 Å². The molecule has 62 valence electrons. The fraction of sp³-hybridized carbons (Fsp3) is 0.429. The highest BCUT2D eigenvalue weighted by Crippen LogP contribution is 2.29. The zero-order valence-corrected chi connectivity index (χ0v) is 6.84. The third-order valence-electron chi connectivity index (χ3n) is 1.45. The van der Waals surface area contributed by atoms with Gasteiger partial charge in [0.2, 0.25) is 0 Å². The summed E-state index contributed by atoms with van der Waals surface area (Å²) in [5.41, 5.74) is 5.64. The Balaban J connectivity index is 2.67. The van der Waals surface area contributed by atoms with Gasteiger partial charge in [-0.3, -0.25) is 0 Å². The van der Waals surface area contributed by atoms with E-state index in [4.69, 9.17) is 10.8 Å². The van der Waals surface area contributed by atoms with Crippen LogP contribution in [0.2, 0.25) is 0 Å². The van der Waals surface area contributed by atoms with Crippen molar-refractivity contribution in [2.45, 2.75) is 12.5 Å². The average molecular weight is 173 g/mol. The van der Waals surface area contributed by atoms with Crippen molar-refractivity contribution in [3.05, 3.63) is 16.3 Å². The first-order valence-corrected chi connectivity index (χ1v) is 4.26. The van der Waals surface area contributed by atoms with Crippen molar-refractivity contribution in [3.8, 4) is 5.75 Å². The summed E-state index contributed by atoms with van der Waals surface area (Å²) in [6, 6.07) is 1.37. The second-order valence-electron chi connectivity index (χ2n) is 2.29. The number of aliphatic hydroxyl groups is 1. The summed E-state index contributed by atoms with van der Waals surface area (Å²) in [7, 11) is 0. The molecule has 4 heteroatoms. The van der Waals surface area contributed by atoms with Crippen LogP contribution in [0.4, 0.5) is 0 Å². The average Bonchev–Trinajstić information content (AvgIpc) is 2.36. The van der Waals surface area contributed by atoms with E-state index in [1.807, 2.05) is 0 Å². The molecule has 0 spiro atoms. The molecule has 1 rings (SSSR count). The van der Waals surface area contributed by atoms with Crippen molar-refractivity contribution < 1.29 is 10.2 Å². The Labute approximate surface area is 69.1 Å². The first kappa shape index (κ1) is 8.52. The molecule has 1 heterocycles. The molecular formula is C7H11NO2S. The predicted octanol–water partition coefficient (Wildman–Crippen LogP) is 0.836. The lowest BCUT2D eigenvalue weighted by atomic mass is 10.2. The van der Waals surface area contributed by atoms with E-state index in [2.05, 4.69) is 0 Å². The fourth-order valence-corrected chi connectivity index (χ4v) is 1.69. The minimum absolute atomic E-state index is 0.0541. The Morgan fingerprint density at radius 3 is 2.82 bits per heavy atom. The molecule has 0 saturated heterocycles. The molecule has 0 saturated carbocycles. The third kappa shape index (κ3) is 1.92. The lowest BCUT2D eigenvalue weighted by Crippen LogP contribution is -2.10. The van der Waals surface area contributed by atoms with E-state index >= 15 is 0 Å². The monoisotopic (exact) mass is 173 g/mol. The molecule has 0 radical (unpaired) electrons. The van der Waals surface area contributed by atoms with Gasteiger partial charge in [-0.1, -0.05) is 0 Å². The van der Waals surface area contributed by atoms with E-state index in [9.17, 15) is 5.11 Å². The molecule has 0 aliphatic carbocycles. The maximum Gasteiger partial charge on any atom is 0.131 e. The molecule has 0 aliphatic rings. The molecule has 4 N–H and O–H groups in total. The van der Waals surface area contributed by atoms with Gasteiger partial charge in [0.25, 0.3) is 0 Å². The molecule has 0 aromatic carbocycles. The van der Waals surface area contributed by atoms with E-state index in [-0.39, 0.29) is 18.4 Å². The zero-order valence-electron chi connectivity index (χ0n) is 6.03. The summed E-state index contributed by atoms with van der Waals surface area (Å²) in [5.74, 6) is 0.232. The number of rotatable bonds is 3. The number of aliphatic hydroxyl groups excluding tert-OH is 1. The molecular weight excluding hydrogens is 162 g/mol. The van der Waals surface area contributed by atoms with Gasteiger partial charge >= 0.3 is 0 Å². The van der Waals surface area contributed by atoms with Gasteiger partial charge in [-0.25, -0.2) is 0 Å². The summed E-state index contributed by atoms with van der Waals surface area (Å²) in [6.45, 7) is 0.0541. The Hall–Kier alpha value is -0.580. The Morgan fingerprint density at radius 1 is 1.64 bits per heavy atom. The van der Waals surface area contributed by atoms with Gasteiger partial charge in [0.05, 0.1) is 4.88 Å². The van der Waals surface area contributed by atoms with Crippen LogP contribution in [-0.4, -0.2) is 16.8 Å². The van der Waals surface area contributed by atoms with Crippen molar-refractivity contribution in [2.24, 2.45) is 5.73 Å². The Bertz CT molecular complexity index is 224. The van der Waals surface area contributed by atoms with Crippen LogP contribution in [-0.2, 0) is 0 Å². The van der Waals surface area contributed by atoms with Gasteiger partial charge in [-0.05, 0) is 17.9 Å². The lowest BCUT2D eigenvalue weighted by molar-refractivity contribution is 0.276. The molecule has 0 aliphatic heterocycles. The van der Waals surface area contributed by atoms with Crippen LogP contribution >= 0.6 is 11.3 Å². The standard InChI is InChI=1S/C7H11NO2S/c8-5(1-3-9)7-6(10)2-4-11-7/h2,4-5,9-10H,1,3,8H2/t5-/m0/s1. The molecule has 1 atom stereocenters. The van der Waals surface area contributed by atoms with Crippen molar-refractivity contribution in [1.82, 2.24) is 0 Å². The Kier molecular flexibility index (Phi) is 2.87. The first-order chi connectivity index (χ1) is 5.25. The molecule has 0 bridgehead atoms. The number of aromatic hydroxyl groups is 1. The van der Waals surface area contributed by atoms with Crippen molar-refractivity contribution in [3.63, 3.8) is 0 Å². The summed E-state index contributed by atoms with van der Waals surface area (Å²) >= 11 is 1.41. The second kappa shape index (κ2) is 3.71. The van der Waals surface area contributed by atoms with Gasteiger partial charge in [0.1, 0.15) is 5.75 Å². The smallest absolute Gasteiger partial charge is 0.131 e.